The third-order valence-corrected chi connectivity index (χ3v) is 5.64. The maximum Gasteiger partial charge on any atom is 0.266 e. The zero-order chi connectivity index (χ0) is 24.1. The number of nitrogens with zero attached hydrogens (tertiary/aromatic N) is 1. The van der Waals surface area contributed by atoms with Gasteiger partial charge in [0.25, 0.3) is 5.91 Å². The van der Waals surface area contributed by atoms with Crippen LogP contribution in [0, 0.1) is 24.1 Å². The van der Waals surface area contributed by atoms with Gasteiger partial charge in [-0.3, -0.25) is 4.79 Å². The molecule has 1 amide bonds. The number of ether oxygens (including phenoxy) is 1. The smallest absolute Gasteiger partial charge is 0.266 e. The van der Waals surface area contributed by atoms with Crippen LogP contribution < -0.4 is 10.1 Å². The minimum absolute atomic E-state index is 0.0114. The molecule has 0 aromatic heterocycles. The van der Waals surface area contributed by atoms with E-state index in [0.29, 0.717) is 22.9 Å². The molecule has 1 N–H and O–H groups in total. The molecule has 0 bridgehead atoms. The van der Waals surface area contributed by atoms with Crippen molar-refractivity contribution in [1.29, 1.82) is 5.26 Å². The van der Waals surface area contributed by atoms with E-state index in [1.165, 1.54) is 24.3 Å². The van der Waals surface area contributed by atoms with Crippen molar-refractivity contribution in [3.8, 4) is 11.8 Å². The first-order valence-electron chi connectivity index (χ1n) is 10.5. The Balaban J connectivity index is 1.63. The van der Waals surface area contributed by atoms with Gasteiger partial charge in [0.2, 0.25) is 0 Å². The second kappa shape index (κ2) is 10.2. The fourth-order valence-electron chi connectivity index (χ4n) is 3.61. The number of carbonyl (C=O) groups excluding carboxylic acids is 1. The number of carbonyl (C=O) groups is 1. The van der Waals surface area contributed by atoms with Gasteiger partial charge in [0, 0.05) is 16.1 Å². The predicted octanol–water partition coefficient (Wildman–Crippen LogP) is 7.07. The van der Waals surface area contributed by atoms with Crippen LogP contribution in [0.3, 0.4) is 0 Å². The highest BCUT2D eigenvalue weighted by Crippen LogP contribution is 2.29. The number of fused-ring (bicyclic) bond motifs is 1. The van der Waals surface area contributed by atoms with E-state index in [0.717, 1.165) is 21.9 Å². The molecule has 0 saturated heterocycles. The molecular formula is C28H20ClFN2O2. The predicted molar refractivity (Wildman–Crippen MR) is 133 cm³/mol. The van der Waals surface area contributed by atoms with Gasteiger partial charge in [0.15, 0.2) is 0 Å². The number of hydrogen-bond donors (Lipinski definition) is 1. The fraction of sp³-hybridized carbons (Fsp3) is 0.0714. The molecule has 34 heavy (non-hydrogen) atoms. The summed E-state index contributed by atoms with van der Waals surface area (Å²) in [6.07, 6.45) is 1.38. The monoisotopic (exact) mass is 470 g/mol. The molecule has 4 rings (SSSR count). The number of anilines is 1. The van der Waals surface area contributed by atoms with Crippen molar-refractivity contribution in [2.24, 2.45) is 0 Å². The van der Waals surface area contributed by atoms with Crippen LogP contribution in [0.1, 0.15) is 16.7 Å². The molecular weight excluding hydrogens is 451 g/mol. The quantitative estimate of drug-likeness (QED) is 0.242. The molecule has 0 saturated carbocycles. The number of rotatable bonds is 6. The van der Waals surface area contributed by atoms with E-state index in [1.807, 2.05) is 43.3 Å². The van der Waals surface area contributed by atoms with Crippen LogP contribution in [0.5, 0.6) is 5.75 Å². The lowest BCUT2D eigenvalue weighted by molar-refractivity contribution is -0.112. The lowest BCUT2D eigenvalue weighted by Gasteiger charge is -2.14. The van der Waals surface area contributed by atoms with E-state index in [2.05, 4.69) is 11.4 Å². The molecule has 4 aromatic carbocycles. The molecule has 0 spiro atoms. The van der Waals surface area contributed by atoms with Crippen molar-refractivity contribution in [2.45, 2.75) is 13.5 Å². The number of halogens is 2. The zero-order valence-electron chi connectivity index (χ0n) is 18.3. The number of aryl methyl sites for hydroxylation is 1. The van der Waals surface area contributed by atoms with E-state index in [4.69, 9.17) is 16.3 Å². The van der Waals surface area contributed by atoms with Crippen molar-refractivity contribution in [3.63, 3.8) is 0 Å². The van der Waals surface area contributed by atoms with E-state index >= 15 is 0 Å². The largest absolute Gasteiger partial charge is 0.488 e. The average molecular weight is 471 g/mol. The first-order chi connectivity index (χ1) is 16.5. The Hall–Kier alpha value is -4.14. The van der Waals surface area contributed by atoms with E-state index < -0.39 is 11.7 Å². The van der Waals surface area contributed by atoms with Gasteiger partial charge in [0.1, 0.15) is 29.8 Å². The molecule has 0 atom stereocenters. The second-order valence-corrected chi connectivity index (χ2v) is 8.09. The summed E-state index contributed by atoms with van der Waals surface area (Å²) >= 11 is 6.18. The van der Waals surface area contributed by atoms with E-state index in [-0.39, 0.29) is 11.3 Å². The van der Waals surface area contributed by atoms with Crippen LogP contribution in [0.2, 0.25) is 5.02 Å². The maximum atomic E-state index is 13.9. The number of nitriles is 1. The molecule has 6 heteroatoms. The number of para-hydroxylation sites is 1. The van der Waals surface area contributed by atoms with Crippen LogP contribution in [0.25, 0.3) is 16.8 Å². The van der Waals surface area contributed by atoms with Gasteiger partial charge in [-0.1, -0.05) is 60.1 Å². The second-order valence-electron chi connectivity index (χ2n) is 7.66. The standard InChI is InChI=1S/C28H20ClFN2O2/c1-18-10-11-19-6-2-3-7-23(19)24(18)17-34-27-13-12-22(29)15-20(27)14-21(16-31)28(33)32-26-9-5-4-8-25(26)30/h2-15H,17H2,1H3,(H,32,33)/b21-14+. The number of nitrogens with one attached hydrogen (secondary N) is 1. The van der Waals surface area contributed by atoms with Crippen LogP contribution in [-0.2, 0) is 11.4 Å². The lowest BCUT2D eigenvalue weighted by Crippen LogP contribution is -2.14. The van der Waals surface area contributed by atoms with Gasteiger partial charge in [-0.2, -0.15) is 5.26 Å². The Morgan fingerprint density at radius 2 is 1.85 bits per heavy atom. The fourth-order valence-corrected chi connectivity index (χ4v) is 3.79. The summed E-state index contributed by atoms with van der Waals surface area (Å²) in [5, 5.41) is 14.6. The molecule has 0 aliphatic rings. The Kier molecular flexibility index (Phi) is 6.91. The summed E-state index contributed by atoms with van der Waals surface area (Å²) in [5.74, 6) is -0.864. The first kappa shape index (κ1) is 23.0. The molecule has 0 fully saturated rings. The van der Waals surface area contributed by atoms with Gasteiger partial charge < -0.3 is 10.1 Å². The number of amides is 1. The highest BCUT2D eigenvalue weighted by Gasteiger charge is 2.14. The molecule has 0 aliphatic heterocycles. The molecule has 0 radical (unpaired) electrons. The SMILES string of the molecule is Cc1ccc2ccccc2c1COc1ccc(Cl)cc1/C=C(\C#N)C(=O)Nc1ccccc1F. The van der Waals surface area contributed by atoms with Gasteiger partial charge in [-0.25, -0.2) is 4.39 Å². The number of benzene rings is 4. The van der Waals surface area contributed by atoms with Crippen molar-refractivity contribution in [2.75, 3.05) is 5.32 Å². The van der Waals surface area contributed by atoms with Gasteiger partial charge in [-0.05, 0) is 59.7 Å². The number of hydrogen-bond acceptors (Lipinski definition) is 3. The van der Waals surface area contributed by atoms with Gasteiger partial charge in [-0.15, -0.1) is 0 Å². The molecule has 4 nitrogen and oxygen atoms in total. The maximum absolute atomic E-state index is 13.9. The Labute approximate surface area is 201 Å². The van der Waals surface area contributed by atoms with Crippen LogP contribution >= 0.6 is 11.6 Å². The minimum atomic E-state index is -0.733. The van der Waals surface area contributed by atoms with Crippen molar-refractivity contribution < 1.29 is 13.9 Å². The first-order valence-corrected chi connectivity index (χ1v) is 10.9. The summed E-state index contributed by atoms with van der Waals surface area (Å²) in [4.78, 5) is 12.6. The Morgan fingerprint density at radius 1 is 1.09 bits per heavy atom. The van der Waals surface area contributed by atoms with Crippen molar-refractivity contribution >= 4 is 40.0 Å². The average Bonchev–Trinajstić information content (AvgIpc) is 2.84. The Bertz CT molecular complexity index is 1460. The third kappa shape index (κ3) is 5.09. The van der Waals surface area contributed by atoms with Gasteiger partial charge in [0.05, 0.1) is 5.69 Å². The van der Waals surface area contributed by atoms with Crippen molar-refractivity contribution in [1.82, 2.24) is 0 Å². The summed E-state index contributed by atoms with van der Waals surface area (Å²) < 4.78 is 20.0. The lowest BCUT2D eigenvalue weighted by atomic mass is 10.0. The Morgan fingerprint density at radius 3 is 2.65 bits per heavy atom. The van der Waals surface area contributed by atoms with E-state index in [1.54, 1.807) is 24.3 Å². The molecule has 0 unspecified atom stereocenters. The van der Waals surface area contributed by atoms with Gasteiger partial charge >= 0.3 is 0 Å². The normalized spacial score (nSPS) is 11.2. The zero-order valence-corrected chi connectivity index (χ0v) is 19.1. The summed E-state index contributed by atoms with van der Waals surface area (Å²) in [7, 11) is 0. The van der Waals surface area contributed by atoms with Crippen LogP contribution in [0.4, 0.5) is 10.1 Å². The summed E-state index contributed by atoms with van der Waals surface area (Å²) in [5.41, 5.74) is 2.37. The highest BCUT2D eigenvalue weighted by atomic mass is 35.5. The summed E-state index contributed by atoms with van der Waals surface area (Å²) in [6.45, 7) is 2.31. The minimum Gasteiger partial charge on any atom is -0.488 e. The molecule has 168 valence electrons. The highest BCUT2D eigenvalue weighted by molar-refractivity contribution is 6.30. The third-order valence-electron chi connectivity index (χ3n) is 5.41. The van der Waals surface area contributed by atoms with Crippen molar-refractivity contribution in [3.05, 3.63) is 112 Å². The van der Waals surface area contributed by atoms with Crippen LogP contribution in [-0.4, -0.2) is 5.91 Å². The molecule has 0 aliphatic carbocycles. The van der Waals surface area contributed by atoms with Crippen LogP contribution in [0.15, 0.2) is 84.4 Å². The van der Waals surface area contributed by atoms with E-state index in [9.17, 15) is 14.4 Å². The molecule has 4 aromatic rings. The molecule has 0 heterocycles. The topological polar surface area (TPSA) is 62.1 Å². The summed E-state index contributed by atoms with van der Waals surface area (Å²) in [6, 6.07) is 24.8.